The third kappa shape index (κ3) is 2.43. The molecule has 7 nitrogen and oxygen atoms in total. The SMILES string of the molecule is Cc1cc(C)n(-c2nc(N)nc(N3CCCCC3)n2)n1. The Bertz CT molecular complexity index is 613. The number of anilines is 2. The van der Waals surface area contributed by atoms with Crippen LogP contribution in [-0.4, -0.2) is 37.8 Å². The third-order valence-electron chi connectivity index (χ3n) is 3.47. The van der Waals surface area contributed by atoms with Crippen molar-refractivity contribution in [1.82, 2.24) is 24.7 Å². The predicted molar refractivity (Wildman–Crippen MR) is 76.9 cm³/mol. The summed E-state index contributed by atoms with van der Waals surface area (Å²) in [6.45, 7) is 5.86. The molecule has 0 spiro atoms. The first-order chi connectivity index (χ1) is 9.63. The van der Waals surface area contributed by atoms with Crippen LogP contribution in [0.15, 0.2) is 6.07 Å². The lowest BCUT2D eigenvalue weighted by Gasteiger charge is -2.26. The predicted octanol–water partition coefficient (Wildman–Crippen LogP) is 1.25. The lowest BCUT2D eigenvalue weighted by Crippen LogP contribution is -2.31. The second-order valence-electron chi connectivity index (χ2n) is 5.18. The monoisotopic (exact) mass is 273 g/mol. The van der Waals surface area contributed by atoms with Crippen molar-refractivity contribution in [3.05, 3.63) is 17.5 Å². The standard InChI is InChI=1S/C13H19N7/c1-9-8-10(2)20(18-9)13-16-11(14)15-12(17-13)19-6-4-3-5-7-19/h8H,3-7H2,1-2H3,(H2,14,15,16,17). The smallest absolute Gasteiger partial charge is 0.257 e. The van der Waals surface area contributed by atoms with Gasteiger partial charge in [0.25, 0.3) is 5.95 Å². The lowest BCUT2D eigenvalue weighted by molar-refractivity contribution is 0.566. The zero-order valence-corrected chi connectivity index (χ0v) is 11.9. The maximum Gasteiger partial charge on any atom is 0.257 e. The molecule has 1 fully saturated rings. The normalized spacial score (nSPS) is 15.6. The van der Waals surface area contributed by atoms with Gasteiger partial charge in [-0.15, -0.1) is 0 Å². The van der Waals surface area contributed by atoms with E-state index in [4.69, 9.17) is 5.73 Å². The quantitative estimate of drug-likeness (QED) is 0.886. The van der Waals surface area contributed by atoms with Gasteiger partial charge in [-0.05, 0) is 39.2 Å². The van der Waals surface area contributed by atoms with Crippen molar-refractivity contribution in [2.24, 2.45) is 0 Å². The molecule has 106 valence electrons. The lowest BCUT2D eigenvalue weighted by atomic mass is 10.1. The Hall–Kier alpha value is -2.18. The summed E-state index contributed by atoms with van der Waals surface area (Å²) in [4.78, 5) is 15.2. The molecule has 1 aliphatic rings. The van der Waals surface area contributed by atoms with Crippen molar-refractivity contribution in [1.29, 1.82) is 0 Å². The van der Waals surface area contributed by atoms with E-state index in [0.29, 0.717) is 11.9 Å². The highest BCUT2D eigenvalue weighted by Gasteiger charge is 2.17. The van der Waals surface area contributed by atoms with Crippen LogP contribution in [0.4, 0.5) is 11.9 Å². The van der Waals surface area contributed by atoms with Gasteiger partial charge >= 0.3 is 0 Å². The molecular formula is C13H19N7. The number of hydrogen-bond acceptors (Lipinski definition) is 6. The number of rotatable bonds is 2. The molecule has 0 saturated carbocycles. The Labute approximate surface area is 117 Å². The molecule has 1 saturated heterocycles. The molecule has 0 bridgehead atoms. The van der Waals surface area contributed by atoms with Gasteiger partial charge in [-0.25, -0.2) is 4.68 Å². The number of aromatic nitrogens is 5. The first-order valence-electron chi connectivity index (χ1n) is 6.93. The van der Waals surface area contributed by atoms with Crippen LogP contribution in [0.3, 0.4) is 0 Å². The molecule has 0 aromatic carbocycles. The summed E-state index contributed by atoms with van der Waals surface area (Å²) in [6, 6.07) is 1.99. The minimum absolute atomic E-state index is 0.239. The van der Waals surface area contributed by atoms with Gasteiger partial charge in [-0.2, -0.15) is 20.1 Å². The van der Waals surface area contributed by atoms with E-state index in [1.165, 1.54) is 19.3 Å². The van der Waals surface area contributed by atoms with Crippen molar-refractivity contribution in [3.8, 4) is 5.95 Å². The molecule has 0 unspecified atom stereocenters. The first-order valence-corrected chi connectivity index (χ1v) is 6.93. The Morgan fingerprint density at radius 2 is 1.70 bits per heavy atom. The van der Waals surface area contributed by atoms with E-state index in [9.17, 15) is 0 Å². The number of hydrogen-bond donors (Lipinski definition) is 1. The Morgan fingerprint density at radius 3 is 2.35 bits per heavy atom. The van der Waals surface area contributed by atoms with Crippen LogP contribution in [0.25, 0.3) is 5.95 Å². The third-order valence-corrected chi connectivity index (χ3v) is 3.47. The van der Waals surface area contributed by atoms with Crippen LogP contribution in [0.1, 0.15) is 30.7 Å². The number of aryl methyl sites for hydroxylation is 2. The second-order valence-corrected chi connectivity index (χ2v) is 5.18. The summed E-state index contributed by atoms with van der Waals surface area (Å²) < 4.78 is 1.71. The van der Waals surface area contributed by atoms with Crippen LogP contribution in [0, 0.1) is 13.8 Å². The molecule has 1 aliphatic heterocycles. The number of nitrogen functional groups attached to an aromatic ring is 1. The van der Waals surface area contributed by atoms with Gasteiger partial charge in [0.05, 0.1) is 5.69 Å². The van der Waals surface area contributed by atoms with Crippen LogP contribution < -0.4 is 10.6 Å². The van der Waals surface area contributed by atoms with Crippen molar-refractivity contribution >= 4 is 11.9 Å². The van der Waals surface area contributed by atoms with Gasteiger partial charge in [0.1, 0.15) is 0 Å². The van der Waals surface area contributed by atoms with Crippen molar-refractivity contribution in [2.45, 2.75) is 33.1 Å². The molecule has 2 aromatic heterocycles. The number of piperidine rings is 1. The van der Waals surface area contributed by atoms with Gasteiger partial charge in [-0.1, -0.05) is 0 Å². The topological polar surface area (TPSA) is 85.8 Å². The zero-order valence-electron chi connectivity index (χ0n) is 11.9. The zero-order chi connectivity index (χ0) is 14.1. The molecule has 3 rings (SSSR count). The fourth-order valence-electron chi connectivity index (χ4n) is 2.53. The molecule has 20 heavy (non-hydrogen) atoms. The maximum atomic E-state index is 5.83. The van der Waals surface area contributed by atoms with Crippen LogP contribution in [0.2, 0.25) is 0 Å². The minimum atomic E-state index is 0.239. The number of nitrogens with two attached hydrogens (primary N) is 1. The number of nitrogens with zero attached hydrogens (tertiary/aromatic N) is 6. The van der Waals surface area contributed by atoms with E-state index < -0.39 is 0 Å². The van der Waals surface area contributed by atoms with Gasteiger partial charge in [0.2, 0.25) is 11.9 Å². The van der Waals surface area contributed by atoms with Gasteiger partial charge in [-0.3, -0.25) is 0 Å². The van der Waals surface area contributed by atoms with Crippen LogP contribution in [-0.2, 0) is 0 Å². The highest BCUT2D eigenvalue weighted by molar-refractivity contribution is 5.38. The van der Waals surface area contributed by atoms with Gasteiger partial charge in [0, 0.05) is 18.8 Å². The Kier molecular flexibility index (Phi) is 3.25. The Balaban J connectivity index is 1.99. The molecular weight excluding hydrogens is 254 g/mol. The van der Waals surface area contributed by atoms with E-state index in [1.807, 2.05) is 19.9 Å². The van der Waals surface area contributed by atoms with Crippen molar-refractivity contribution < 1.29 is 0 Å². The summed E-state index contributed by atoms with van der Waals surface area (Å²) in [6.07, 6.45) is 3.60. The molecule has 0 radical (unpaired) electrons. The second kappa shape index (κ2) is 5.07. The minimum Gasteiger partial charge on any atom is -0.368 e. The Morgan fingerprint density at radius 1 is 1.00 bits per heavy atom. The first kappa shape index (κ1) is 12.8. The summed E-state index contributed by atoms with van der Waals surface area (Å²) in [5.41, 5.74) is 7.75. The van der Waals surface area contributed by atoms with Crippen molar-refractivity contribution in [2.75, 3.05) is 23.7 Å². The maximum absolute atomic E-state index is 5.83. The molecule has 0 aliphatic carbocycles. The molecule has 3 heterocycles. The average molecular weight is 273 g/mol. The fraction of sp³-hybridized carbons (Fsp3) is 0.538. The van der Waals surface area contributed by atoms with E-state index >= 15 is 0 Å². The fourth-order valence-corrected chi connectivity index (χ4v) is 2.53. The van der Waals surface area contributed by atoms with E-state index in [1.54, 1.807) is 4.68 Å². The highest BCUT2D eigenvalue weighted by Crippen LogP contribution is 2.18. The highest BCUT2D eigenvalue weighted by atomic mass is 15.4. The molecule has 7 heteroatoms. The molecule has 0 amide bonds. The van der Waals surface area contributed by atoms with Crippen LogP contribution >= 0.6 is 0 Å². The molecule has 0 atom stereocenters. The summed E-state index contributed by atoms with van der Waals surface area (Å²) >= 11 is 0. The van der Waals surface area contributed by atoms with E-state index in [0.717, 1.165) is 24.5 Å². The van der Waals surface area contributed by atoms with Crippen molar-refractivity contribution in [3.63, 3.8) is 0 Å². The van der Waals surface area contributed by atoms with Crippen LogP contribution in [0.5, 0.6) is 0 Å². The largest absolute Gasteiger partial charge is 0.368 e. The van der Waals surface area contributed by atoms with E-state index in [-0.39, 0.29) is 5.95 Å². The molecule has 2 N–H and O–H groups in total. The van der Waals surface area contributed by atoms with E-state index in [2.05, 4.69) is 25.0 Å². The molecule has 2 aromatic rings. The average Bonchev–Trinajstić information content (AvgIpc) is 2.78. The van der Waals surface area contributed by atoms with Gasteiger partial charge < -0.3 is 10.6 Å². The summed E-state index contributed by atoms with van der Waals surface area (Å²) in [5, 5.41) is 4.40. The summed E-state index contributed by atoms with van der Waals surface area (Å²) in [7, 11) is 0. The summed E-state index contributed by atoms with van der Waals surface area (Å²) in [5.74, 6) is 1.38. The van der Waals surface area contributed by atoms with Gasteiger partial charge in [0.15, 0.2) is 0 Å².